The summed E-state index contributed by atoms with van der Waals surface area (Å²) < 4.78 is 26.2. The van der Waals surface area contributed by atoms with Crippen molar-refractivity contribution in [1.82, 2.24) is 15.0 Å². The van der Waals surface area contributed by atoms with Crippen molar-refractivity contribution < 1.29 is 19.0 Å². The smallest absolute Gasteiger partial charge is 0.136 e. The molecule has 0 spiro atoms. The average Bonchev–Trinajstić information content (AvgIpc) is 3.12. The Hall–Kier alpha value is -3.69. The van der Waals surface area contributed by atoms with Crippen molar-refractivity contribution in [1.29, 1.82) is 0 Å². The molecule has 2 aromatic heterocycles. The van der Waals surface area contributed by atoms with E-state index >= 15 is 4.39 Å². The molecule has 0 radical (unpaired) electrons. The predicted molar refractivity (Wildman–Crippen MR) is 132 cm³/mol. The van der Waals surface area contributed by atoms with Crippen LogP contribution in [0.25, 0.3) is 22.3 Å². The van der Waals surface area contributed by atoms with Crippen LogP contribution in [0.1, 0.15) is 25.0 Å². The SMILES string of the molecule is COc1cc(F)c(-c2ncnc3cc(N4CCOCC4)cnc23)cc1C(O)C1=C(C)CC=CC=N1. The lowest BCUT2D eigenvalue weighted by atomic mass is 9.97. The van der Waals surface area contributed by atoms with Crippen LogP contribution in [0.4, 0.5) is 10.1 Å². The van der Waals surface area contributed by atoms with E-state index in [1.165, 1.54) is 19.5 Å². The number of nitrogens with zero attached hydrogens (tertiary/aromatic N) is 5. The number of benzene rings is 1. The van der Waals surface area contributed by atoms with Gasteiger partial charge in [-0.05, 0) is 37.1 Å². The van der Waals surface area contributed by atoms with E-state index < -0.39 is 11.9 Å². The van der Waals surface area contributed by atoms with Crippen LogP contribution in [0, 0.1) is 5.82 Å². The van der Waals surface area contributed by atoms with Crippen LogP contribution in [-0.4, -0.2) is 59.7 Å². The first-order valence-corrected chi connectivity index (χ1v) is 11.4. The van der Waals surface area contributed by atoms with E-state index in [1.54, 1.807) is 18.5 Å². The Morgan fingerprint density at radius 2 is 1.97 bits per heavy atom. The highest BCUT2D eigenvalue weighted by Gasteiger charge is 2.24. The summed E-state index contributed by atoms with van der Waals surface area (Å²) >= 11 is 0. The van der Waals surface area contributed by atoms with Crippen LogP contribution in [0.2, 0.25) is 0 Å². The molecule has 5 rings (SSSR count). The van der Waals surface area contributed by atoms with Crippen LogP contribution in [0.5, 0.6) is 5.75 Å². The van der Waals surface area contributed by atoms with Crippen molar-refractivity contribution in [3.05, 3.63) is 65.5 Å². The molecule has 9 heteroatoms. The molecule has 2 aliphatic heterocycles. The van der Waals surface area contributed by atoms with E-state index in [9.17, 15) is 5.11 Å². The number of rotatable bonds is 5. The van der Waals surface area contributed by atoms with Gasteiger partial charge in [0.05, 0.1) is 43.4 Å². The largest absolute Gasteiger partial charge is 0.496 e. The Morgan fingerprint density at radius 3 is 2.77 bits per heavy atom. The predicted octanol–water partition coefficient (Wildman–Crippen LogP) is 4.01. The third-order valence-electron chi connectivity index (χ3n) is 6.26. The maximum Gasteiger partial charge on any atom is 0.136 e. The highest BCUT2D eigenvalue weighted by atomic mass is 19.1. The Morgan fingerprint density at radius 1 is 1.14 bits per heavy atom. The Bertz CT molecular complexity index is 1350. The first-order chi connectivity index (χ1) is 17.1. The molecule has 1 unspecified atom stereocenters. The molecule has 1 saturated heterocycles. The number of hydrogen-bond acceptors (Lipinski definition) is 8. The lowest BCUT2D eigenvalue weighted by Crippen LogP contribution is -2.36. The first-order valence-electron chi connectivity index (χ1n) is 11.4. The number of aliphatic imine (C=N–C) groups is 1. The van der Waals surface area contributed by atoms with E-state index in [2.05, 4.69) is 24.8 Å². The van der Waals surface area contributed by atoms with E-state index in [0.717, 1.165) is 24.4 Å². The van der Waals surface area contributed by atoms with Crippen molar-refractivity contribution in [3.63, 3.8) is 0 Å². The van der Waals surface area contributed by atoms with Gasteiger partial charge in [-0.1, -0.05) is 6.08 Å². The molecule has 1 fully saturated rings. The molecule has 2 aliphatic rings. The number of aliphatic hydroxyl groups excluding tert-OH is 1. The lowest BCUT2D eigenvalue weighted by Gasteiger charge is -2.28. The fraction of sp³-hybridized carbons (Fsp3) is 0.308. The highest BCUT2D eigenvalue weighted by Crippen LogP contribution is 2.38. The molecule has 0 amide bonds. The Kier molecular flexibility index (Phi) is 6.52. The molecule has 180 valence electrons. The molecule has 1 atom stereocenters. The number of allylic oxidation sites excluding steroid dienone is 3. The summed E-state index contributed by atoms with van der Waals surface area (Å²) in [4.78, 5) is 19.9. The zero-order valence-corrected chi connectivity index (χ0v) is 19.6. The third-order valence-corrected chi connectivity index (χ3v) is 6.26. The number of aliphatic hydroxyl groups is 1. The fourth-order valence-electron chi connectivity index (χ4n) is 4.36. The summed E-state index contributed by atoms with van der Waals surface area (Å²) in [6.45, 7) is 4.77. The van der Waals surface area contributed by atoms with Gasteiger partial charge in [-0.25, -0.2) is 14.4 Å². The van der Waals surface area contributed by atoms with Gasteiger partial charge in [0, 0.05) is 36.5 Å². The summed E-state index contributed by atoms with van der Waals surface area (Å²) in [6.07, 6.45) is 8.15. The Labute approximate surface area is 202 Å². The standard InChI is InChI=1S/C26H26FN5O3/c1-16-5-3-4-6-28-23(16)26(33)19-12-18(20(27)13-22(19)34-2)24-25-21(30-15-31-24)11-17(14-29-25)32-7-9-35-10-8-32/h3-4,6,11-15,26,33H,5,7-10H2,1-2H3. The van der Waals surface area contributed by atoms with Gasteiger partial charge in [0.1, 0.15) is 35.2 Å². The molecular formula is C26H26FN5O3. The minimum atomic E-state index is -1.10. The molecule has 8 nitrogen and oxygen atoms in total. The minimum absolute atomic E-state index is 0.202. The van der Waals surface area contributed by atoms with E-state index in [0.29, 0.717) is 47.6 Å². The van der Waals surface area contributed by atoms with Gasteiger partial charge in [-0.15, -0.1) is 0 Å². The number of methoxy groups -OCH3 is 1. The van der Waals surface area contributed by atoms with Crippen molar-refractivity contribution in [2.24, 2.45) is 4.99 Å². The second-order valence-corrected chi connectivity index (χ2v) is 8.44. The number of fused-ring (bicyclic) bond motifs is 1. The van der Waals surface area contributed by atoms with Crippen molar-refractivity contribution >= 4 is 22.9 Å². The van der Waals surface area contributed by atoms with Crippen molar-refractivity contribution in [3.8, 4) is 17.0 Å². The van der Waals surface area contributed by atoms with Gasteiger partial charge in [0.25, 0.3) is 0 Å². The third kappa shape index (κ3) is 4.52. The van der Waals surface area contributed by atoms with Gasteiger partial charge in [0.15, 0.2) is 0 Å². The lowest BCUT2D eigenvalue weighted by molar-refractivity contribution is 0.122. The number of morpholine rings is 1. The minimum Gasteiger partial charge on any atom is -0.496 e. The number of ether oxygens (including phenoxy) is 2. The van der Waals surface area contributed by atoms with Crippen LogP contribution in [0.3, 0.4) is 0 Å². The molecule has 0 saturated carbocycles. The highest BCUT2D eigenvalue weighted by molar-refractivity contribution is 5.90. The molecule has 1 N–H and O–H groups in total. The average molecular weight is 476 g/mol. The first kappa shape index (κ1) is 23.1. The number of aromatic nitrogens is 3. The van der Waals surface area contributed by atoms with Gasteiger partial charge >= 0.3 is 0 Å². The normalized spacial score (nSPS) is 17.1. The van der Waals surface area contributed by atoms with Crippen molar-refractivity contribution in [2.45, 2.75) is 19.4 Å². The van der Waals surface area contributed by atoms with Gasteiger partial charge in [0.2, 0.25) is 0 Å². The summed E-state index contributed by atoms with van der Waals surface area (Å²) in [5.41, 5.74) is 4.37. The van der Waals surface area contributed by atoms with Crippen LogP contribution in [-0.2, 0) is 4.74 Å². The number of halogens is 1. The summed E-state index contributed by atoms with van der Waals surface area (Å²) in [5, 5.41) is 11.2. The maximum atomic E-state index is 15.3. The molecule has 1 aromatic carbocycles. The van der Waals surface area contributed by atoms with E-state index in [1.807, 2.05) is 25.1 Å². The van der Waals surface area contributed by atoms with Crippen LogP contribution in [0.15, 0.2) is 59.1 Å². The molecule has 35 heavy (non-hydrogen) atoms. The van der Waals surface area contributed by atoms with E-state index in [4.69, 9.17) is 9.47 Å². The fourth-order valence-corrected chi connectivity index (χ4v) is 4.36. The summed E-state index contributed by atoms with van der Waals surface area (Å²) in [5.74, 6) is -0.305. The number of hydrogen-bond donors (Lipinski definition) is 1. The number of anilines is 1. The molecule has 0 bridgehead atoms. The molecule has 0 aliphatic carbocycles. The zero-order valence-electron chi connectivity index (χ0n) is 19.6. The molecule has 3 aromatic rings. The van der Waals surface area contributed by atoms with Crippen LogP contribution < -0.4 is 9.64 Å². The van der Waals surface area contributed by atoms with E-state index in [-0.39, 0.29) is 11.3 Å². The maximum absolute atomic E-state index is 15.3. The van der Waals surface area contributed by atoms with Gasteiger partial charge in [-0.3, -0.25) is 9.98 Å². The molecular weight excluding hydrogens is 449 g/mol. The quantitative estimate of drug-likeness (QED) is 0.596. The van der Waals surface area contributed by atoms with Gasteiger partial charge < -0.3 is 19.5 Å². The molecule has 4 heterocycles. The second-order valence-electron chi connectivity index (χ2n) is 8.44. The van der Waals surface area contributed by atoms with Crippen molar-refractivity contribution in [2.75, 3.05) is 38.3 Å². The monoisotopic (exact) mass is 475 g/mol. The van der Waals surface area contributed by atoms with Gasteiger partial charge in [-0.2, -0.15) is 0 Å². The summed E-state index contributed by atoms with van der Waals surface area (Å²) in [7, 11) is 1.44. The van der Waals surface area contributed by atoms with Crippen LogP contribution >= 0.6 is 0 Å². The Balaban J connectivity index is 1.60. The second kappa shape index (κ2) is 9.89. The zero-order chi connectivity index (χ0) is 24.4. The number of pyridine rings is 1. The summed E-state index contributed by atoms with van der Waals surface area (Å²) in [6, 6.07) is 4.75. The topological polar surface area (TPSA) is 93.0 Å².